The van der Waals surface area contributed by atoms with Crippen LogP contribution >= 0.6 is 0 Å². The van der Waals surface area contributed by atoms with Crippen molar-refractivity contribution in [3.05, 3.63) is 0 Å². The summed E-state index contributed by atoms with van der Waals surface area (Å²) < 4.78 is 0. The Morgan fingerprint density at radius 3 is 2.83 bits per heavy atom. The zero-order chi connectivity index (χ0) is 8.77. The fourth-order valence-corrected chi connectivity index (χ4v) is 2.60. The van der Waals surface area contributed by atoms with Gasteiger partial charge in [-0.3, -0.25) is 10.1 Å². The van der Waals surface area contributed by atoms with E-state index >= 15 is 0 Å². The molecule has 0 amide bonds. The minimum Gasteiger partial charge on any atom is -0.480 e. The molecule has 3 aliphatic rings. The van der Waals surface area contributed by atoms with E-state index in [2.05, 4.69) is 12.2 Å². The third-order valence-electron chi connectivity index (χ3n) is 3.32. The first-order chi connectivity index (χ1) is 5.66. The third-order valence-corrected chi connectivity index (χ3v) is 3.32. The van der Waals surface area contributed by atoms with E-state index in [0.717, 1.165) is 19.3 Å². The molecule has 2 N–H and O–H groups in total. The Labute approximate surface area is 72.2 Å². The SMILES string of the molecule is CC[C@@H]1CC2CC(C(=O)O)(C1)N2. The van der Waals surface area contributed by atoms with Crippen molar-refractivity contribution in [2.24, 2.45) is 5.92 Å². The Hall–Kier alpha value is -0.570. The monoisotopic (exact) mass is 169 g/mol. The lowest BCUT2D eigenvalue weighted by Gasteiger charge is -2.53. The maximum atomic E-state index is 10.9. The first-order valence-electron chi connectivity index (χ1n) is 4.67. The first kappa shape index (κ1) is 8.05. The fraction of sp³-hybridized carbons (Fsp3) is 0.889. The highest BCUT2D eigenvalue weighted by molar-refractivity contribution is 5.80. The van der Waals surface area contributed by atoms with Crippen molar-refractivity contribution in [2.75, 3.05) is 0 Å². The van der Waals surface area contributed by atoms with Gasteiger partial charge < -0.3 is 5.11 Å². The lowest BCUT2D eigenvalue weighted by Crippen LogP contribution is -2.71. The molecule has 0 aromatic heterocycles. The maximum absolute atomic E-state index is 10.9. The molecule has 0 radical (unpaired) electrons. The Balaban J connectivity index is 2.07. The lowest BCUT2D eigenvalue weighted by molar-refractivity contribution is -0.155. The van der Waals surface area contributed by atoms with Crippen LogP contribution < -0.4 is 5.32 Å². The van der Waals surface area contributed by atoms with Gasteiger partial charge in [0.15, 0.2) is 0 Å². The third kappa shape index (κ3) is 0.959. The van der Waals surface area contributed by atoms with Crippen molar-refractivity contribution in [3.63, 3.8) is 0 Å². The van der Waals surface area contributed by atoms with E-state index in [4.69, 9.17) is 5.11 Å². The van der Waals surface area contributed by atoms with Gasteiger partial charge in [0.2, 0.25) is 0 Å². The van der Waals surface area contributed by atoms with Gasteiger partial charge in [0, 0.05) is 6.04 Å². The second-order valence-corrected chi connectivity index (χ2v) is 4.15. The van der Waals surface area contributed by atoms with Crippen LogP contribution in [0.15, 0.2) is 0 Å². The van der Waals surface area contributed by atoms with Gasteiger partial charge in [0.05, 0.1) is 0 Å². The van der Waals surface area contributed by atoms with E-state index in [-0.39, 0.29) is 0 Å². The minimum absolute atomic E-state index is 0.486. The highest BCUT2D eigenvalue weighted by Gasteiger charge is 2.54. The van der Waals surface area contributed by atoms with Crippen LogP contribution in [-0.4, -0.2) is 22.7 Å². The van der Waals surface area contributed by atoms with Crippen LogP contribution in [0.1, 0.15) is 32.6 Å². The number of rotatable bonds is 2. The number of piperidine rings is 1. The molecule has 3 nitrogen and oxygen atoms in total. The van der Waals surface area contributed by atoms with E-state index in [1.165, 1.54) is 6.42 Å². The number of carboxylic acid groups (broad SMARTS) is 1. The summed E-state index contributed by atoms with van der Waals surface area (Å²) in [6, 6.07) is 0.486. The molecule has 0 aromatic rings. The van der Waals surface area contributed by atoms with Crippen LogP contribution in [0.3, 0.4) is 0 Å². The fourth-order valence-electron chi connectivity index (χ4n) is 2.60. The minimum atomic E-state index is -0.656. The predicted octanol–water partition coefficient (Wildman–Crippen LogP) is 0.992. The lowest BCUT2D eigenvalue weighted by atomic mass is 9.65. The summed E-state index contributed by atoms with van der Waals surface area (Å²) in [5.74, 6) is -0.0296. The van der Waals surface area contributed by atoms with Crippen LogP contribution in [0.25, 0.3) is 0 Å². The van der Waals surface area contributed by atoms with Crippen molar-refractivity contribution in [1.29, 1.82) is 0 Å². The van der Waals surface area contributed by atoms with Gasteiger partial charge in [-0.1, -0.05) is 13.3 Å². The number of carboxylic acids is 1. The molecule has 2 heterocycles. The van der Waals surface area contributed by atoms with Gasteiger partial charge in [0.25, 0.3) is 0 Å². The Kier molecular flexibility index (Phi) is 1.65. The smallest absolute Gasteiger partial charge is 0.323 e. The van der Waals surface area contributed by atoms with E-state index < -0.39 is 11.5 Å². The van der Waals surface area contributed by atoms with Crippen molar-refractivity contribution in [3.8, 4) is 0 Å². The van der Waals surface area contributed by atoms with Gasteiger partial charge in [-0.2, -0.15) is 0 Å². The van der Waals surface area contributed by atoms with E-state index in [9.17, 15) is 4.79 Å². The highest BCUT2D eigenvalue weighted by atomic mass is 16.4. The summed E-state index contributed by atoms with van der Waals surface area (Å²) in [5, 5.41) is 12.1. The highest BCUT2D eigenvalue weighted by Crippen LogP contribution is 2.42. The average Bonchev–Trinajstić information content (AvgIpc) is 2.02. The van der Waals surface area contributed by atoms with E-state index in [1.54, 1.807) is 0 Å². The number of carbonyl (C=O) groups is 1. The molecule has 3 rings (SSSR count). The van der Waals surface area contributed by atoms with Crippen LogP contribution in [0.4, 0.5) is 0 Å². The molecule has 2 unspecified atom stereocenters. The zero-order valence-electron chi connectivity index (χ0n) is 7.34. The van der Waals surface area contributed by atoms with Crippen LogP contribution in [0.2, 0.25) is 0 Å². The van der Waals surface area contributed by atoms with Crippen LogP contribution in [-0.2, 0) is 4.79 Å². The molecule has 2 bridgehead atoms. The molecule has 3 atom stereocenters. The maximum Gasteiger partial charge on any atom is 0.323 e. The molecule has 12 heavy (non-hydrogen) atoms. The van der Waals surface area contributed by atoms with Crippen molar-refractivity contribution in [1.82, 2.24) is 5.32 Å². The summed E-state index contributed by atoms with van der Waals surface area (Å²) >= 11 is 0. The largest absolute Gasteiger partial charge is 0.480 e. The van der Waals surface area contributed by atoms with Crippen molar-refractivity contribution >= 4 is 5.97 Å². The summed E-state index contributed by atoms with van der Waals surface area (Å²) in [5.41, 5.74) is -0.538. The second kappa shape index (κ2) is 2.46. The van der Waals surface area contributed by atoms with Gasteiger partial charge >= 0.3 is 5.97 Å². The normalized spacial score (nSPS) is 45.1. The second-order valence-electron chi connectivity index (χ2n) is 4.15. The zero-order valence-corrected chi connectivity index (χ0v) is 7.34. The summed E-state index contributed by atoms with van der Waals surface area (Å²) in [7, 11) is 0. The molecule has 3 heteroatoms. The molecule has 1 saturated carbocycles. The molecule has 2 aliphatic heterocycles. The van der Waals surface area contributed by atoms with Gasteiger partial charge in [0.1, 0.15) is 5.54 Å². The van der Waals surface area contributed by atoms with Crippen molar-refractivity contribution < 1.29 is 9.90 Å². The molecule has 2 saturated heterocycles. The average molecular weight is 169 g/mol. The van der Waals surface area contributed by atoms with Crippen LogP contribution in [0.5, 0.6) is 0 Å². The molecule has 1 aliphatic carbocycles. The summed E-state index contributed by atoms with van der Waals surface area (Å²) in [6.07, 6.45) is 3.97. The predicted molar refractivity (Wildman–Crippen MR) is 44.9 cm³/mol. The molecule has 3 fully saturated rings. The first-order valence-corrected chi connectivity index (χ1v) is 4.67. The molecular weight excluding hydrogens is 154 g/mol. The number of hydrogen-bond acceptors (Lipinski definition) is 2. The Bertz CT molecular complexity index is 209. The van der Waals surface area contributed by atoms with Gasteiger partial charge in [-0.05, 0) is 25.2 Å². The molecule has 0 aromatic carbocycles. The van der Waals surface area contributed by atoms with E-state index in [1.807, 2.05) is 0 Å². The quantitative estimate of drug-likeness (QED) is 0.648. The standard InChI is InChI=1S/C9H15NO2/c1-2-6-3-7-5-9(4-6,10-7)8(11)12/h6-7,10H,2-5H2,1H3,(H,11,12)/t6-,7?,9?/m1/s1. The van der Waals surface area contributed by atoms with Gasteiger partial charge in [-0.15, -0.1) is 0 Å². The Morgan fingerprint density at radius 2 is 2.33 bits per heavy atom. The van der Waals surface area contributed by atoms with Gasteiger partial charge in [-0.25, -0.2) is 0 Å². The number of nitrogens with one attached hydrogen (secondary N) is 1. The summed E-state index contributed by atoms with van der Waals surface area (Å²) in [4.78, 5) is 10.9. The number of aliphatic carboxylic acids is 1. The summed E-state index contributed by atoms with van der Waals surface area (Å²) in [6.45, 7) is 2.14. The molecule has 0 spiro atoms. The van der Waals surface area contributed by atoms with Crippen LogP contribution in [0, 0.1) is 5.92 Å². The number of fused-ring (bicyclic) bond motifs is 2. The molecule has 68 valence electrons. The Morgan fingerprint density at radius 1 is 1.67 bits per heavy atom. The topological polar surface area (TPSA) is 49.3 Å². The number of hydrogen-bond donors (Lipinski definition) is 2. The molecular formula is C9H15NO2. The van der Waals surface area contributed by atoms with E-state index in [0.29, 0.717) is 12.0 Å². The van der Waals surface area contributed by atoms with Crippen molar-refractivity contribution in [2.45, 2.75) is 44.2 Å².